The second-order valence-electron chi connectivity index (χ2n) is 5.98. The van der Waals surface area contributed by atoms with Crippen LogP contribution in [-0.4, -0.2) is 32.4 Å². The van der Waals surface area contributed by atoms with E-state index in [1.54, 1.807) is 17.7 Å². The quantitative estimate of drug-likeness (QED) is 0.775. The Labute approximate surface area is 146 Å². The summed E-state index contributed by atoms with van der Waals surface area (Å²) in [5.41, 5.74) is 1.56. The fourth-order valence-corrected chi connectivity index (χ4v) is 2.48. The number of halogens is 1. The first-order valence-corrected chi connectivity index (χ1v) is 8.22. The normalized spacial score (nSPS) is 11.6. The summed E-state index contributed by atoms with van der Waals surface area (Å²) in [4.78, 5) is 16.0. The number of aryl methyl sites for hydroxylation is 2. The number of nitrogens with one attached hydrogen (secondary N) is 1. The summed E-state index contributed by atoms with van der Waals surface area (Å²) >= 11 is 6.33. The molecule has 1 amide bonds. The van der Waals surface area contributed by atoms with E-state index in [2.05, 4.69) is 34.4 Å². The lowest BCUT2D eigenvalue weighted by atomic mass is 10.2. The number of carbonyl (C=O) groups is 1. The molecule has 0 aliphatic heterocycles. The second-order valence-corrected chi connectivity index (χ2v) is 6.33. The molecule has 0 aromatic carbocycles. The third-order valence-electron chi connectivity index (χ3n) is 3.26. The Bertz CT molecular complexity index is 733. The van der Waals surface area contributed by atoms with Gasteiger partial charge in [-0.25, -0.2) is 0 Å². The van der Waals surface area contributed by atoms with Crippen LogP contribution in [-0.2, 0) is 17.8 Å². The highest BCUT2D eigenvalue weighted by Crippen LogP contribution is 2.22. The van der Waals surface area contributed by atoms with Crippen molar-refractivity contribution >= 4 is 23.6 Å². The number of carbonyl (C=O) groups excluding carboxylic acids is 1. The van der Waals surface area contributed by atoms with E-state index in [0.29, 0.717) is 35.8 Å². The van der Waals surface area contributed by atoms with Crippen molar-refractivity contribution in [3.63, 3.8) is 0 Å². The molecule has 0 saturated carbocycles. The molecule has 0 spiro atoms. The highest BCUT2D eigenvalue weighted by atomic mass is 35.5. The number of rotatable bonds is 7. The van der Waals surface area contributed by atoms with Crippen molar-refractivity contribution in [1.29, 1.82) is 0 Å². The number of nitrogens with zero attached hydrogens (tertiary/aromatic N) is 4. The van der Waals surface area contributed by atoms with Crippen LogP contribution in [0.1, 0.15) is 36.8 Å². The van der Waals surface area contributed by atoms with E-state index in [-0.39, 0.29) is 5.91 Å². The smallest absolute Gasteiger partial charge is 0.244 e. The molecule has 2 rings (SSSR count). The number of hydrogen-bond donors (Lipinski definition) is 1. The predicted molar refractivity (Wildman–Crippen MR) is 91.6 cm³/mol. The zero-order valence-electron chi connectivity index (χ0n) is 14.3. The van der Waals surface area contributed by atoms with Gasteiger partial charge in [-0.2, -0.15) is 10.1 Å². The van der Waals surface area contributed by atoms with Gasteiger partial charge < -0.3 is 9.84 Å². The molecule has 0 saturated heterocycles. The van der Waals surface area contributed by atoms with E-state index < -0.39 is 0 Å². The van der Waals surface area contributed by atoms with Crippen LogP contribution in [0.15, 0.2) is 10.6 Å². The molecule has 7 nitrogen and oxygen atoms in total. The van der Waals surface area contributed by atoms with Gasteiger partial charge in [0.05, 0.1) is 5.69 Å². The Morgan fingerprint density at radius 3 is 2.79 bits per heavy atom. The van der Waals surface area contributed by atoms with Gasteiger partial charge in [0.2, 0.25) is 11.8 Å². The molecule has 2 aromatic rings. The highest BCUT2D eigenvalue weighted by molar-refractivity contribution is 6.31. The average Bonchev–Trinajstić information content (AvgIpc) is 3.01. The van der Waals surface area contributed by atoms with Crippen LogP contribution in [0.3, 0.4) is 0 Å². The van der Waals surface area contributed by atoms with Gasteiger partial charge in [0.25, 0.3) is 0 Å². The minimum Gasteiger partial charge on any atom is -0.352 e. The molecule has 130 valence electrons. The van der Waals surface area contributed by atoms with E-state index in [1.807, 2.05) is 6.92 Å². The standard InChI is InChI=1S/C16H22ClN5O2/c1-10(2)9-22-16(17)13(11(3)20-22)5-6-14(23)18-8-7-15-19-12(4)21-24-15/h5-6,10H,7-9H2,1-4H3,(H,18,23)/b6-5+. The molecular weight excluding hydrogens is 330 g/mol. The van der Waals surface area contributed by atoms with Gasteiger partial charge in [-0.05, 0) is 25.8 Å². The summed E-state index contributed by atoms with van der Waals surface area (Å²) in [7, 11) is 0. The van der Waals surface area contributed by atoms with Gasteiger partial charge in [0.15, 0.2) is 5.82 Å². The molecule has 0 aliphatic carbocycles. The monoisotopic (exact) mass is 351 g/mol. The maximum atomic E-state index is 11.9. The Morgan fingerprint density at radius 2 is 2.17 bits per heavy atom. The number of aromatic nitrogens is 4. The van der Waals surface area contributed by atoms with Crippen LogP contribution in [0.25, 0.3) is 6.08 Å². The lowest BCUT2D eigenvalue weighted by Crippen LogP contribution is -2.23. The molecule has 0 fully saturated rings. The lowest BCUT2D eigenvalue weighted by molar-refractivity contribution is -0.116. The molecular formula is C16H22ClN5O2. The molecule has 0 atom stereocenters. The Hall–Kier alpha value is -2.15. The van der Waals surface area contributed by atoms with Crippen LogP contribution in [0.2, 0.25) is 5.15 Å². The van der Waals surface area contributed by atoms with E-state index in [9.17, 15) is 4.79 Å². The molecule has 24 heavy (non-hydrogen) atoms. The Balaban J connectivity index is 1.90. The molecule has 0 unspecified atom stereocenters. The van der Waals surface area contributed by atoms with Crippen LogP contribution in [0.4, 0.5) is 0 Å². The van der Waals surface area contributed by atoms with Gasteiger partial charge in [0, 0.05) is 31.1 Å². The van der Waals surface area contributed by atoms with Gasteiger partial charge in [0.1, 0.15) is 5.15 Å². The van der Waals surface area contributed by atoms with Gasteiger partial charge in [-0.1, -0.05) is 30.6 Å². The summed E-state index contributed by atoms with van der Waals surface area (Å²) < 4.78 is 6.74. The summed E-state index contributed by atoms with van der Waals surface area (Å²) in [6.07, 6.45) is 3.63. The minimum atomic E-state index is -0.210. The highest BCUT2D eigenvalue weighted by Gasteiger charge is 2.12. The first-order valence-electron chi connectivity index (χ1n) is 7.84. The average molecular weight is 352 g/mol. The zero-order valence-corrected chi connectivity index (χ0v) is 15.1. The Morgan fingerprint density at radius 1 is 1.42 bits per heavy atom. The topological polar surface area (TPSA) is 85.8 Å². The van der Waals surface area contributed by atoms with E-state index in [1.165, 1.54) is 6.08 Å². The predicted octanol–water partition coefficient (Wildman–Crippen LogP) is 2.56. The minimum absolute atomic E-state index is 0.210. The van der Waals surface area contributed by atoms with Crippen molar-refractivity contribution in [3.8, 4) is 0 Å². The maximum Gasteiger partial charge on any atom is 0.244 e. The van der Waals surface area contributed by atoms with E-state index in [4.69, 9.17) is 16.1 Å². The van der Waals surface area contributed by atoms with Crippen molar-refractivity contribution in [2.45, 2.75) is 40.7 Å². The third kappa shape index (κ3) is 4.92. The van der Waals surface area contributed by atoms with Crippen molar-refractivity contribution in [2.24, 2.45) is 5.92 Å². The summed E-state index contributed by atoms with van der Waals surface area (Å²) in [6, 6.07) is 0. The largest absolute Gasteiger partial charge is 0.352 e. The van der Waals surface area contributed by atoms with Crippen molar-refractivity contribution < 1.29 is 9.32 Å². The molecule has 8 heteroatoms. The maximum absolute atomic E-state index is 11.9. The van der Waals surface area contributed by atoms with E-state index in [0.717, 1.165) is 17.8 Å². The molecule has 0 radical (unpaired) electrons. The van der Waals surface area contributed by atoms with Gasteiger partial charge in [-0.3, -0.25) is 9.48 Å². The molecule has 0 bridgehead atoms. The molecule has 2 aromatic heterocycles. The first kappa shape index (κ1) is 18.2. The summed E-state index contributed by atoms with van der Waals surface area (Å²) in [5.74, 6) is 1.32. The Kier molecular flexibility index (Phi) is 6.14. The van der Waals surface area contributed by atoms with Gasteiger partial charge >= 0.3 is 0 Å². The van der Waals surface area contributed by atoms with Crippen molar-refractivity contribution in [1.82, 2.24) is 25.2 Å². The fraction of sp³-hybridized carbons (Fsp3) is 0.500. The zero-order chi connectivity index (χ0) is 17.7. The van der Waals surface area contributed by atoms with Crippen LogP contribution < -0.4 is 5.32 Å². The van der Waals surface area contributed by atoms with Gasteiger partial charge in [-0.15, -0.1) is 0 Å². The number of amides is 1. The third-order valence-corrected chi connectivity index (χ3v) is 3.66. The fourth-order valence-electron chi connectivity index (χ4n) is 2.18. The second kappa shape index (κ2) is 8.10. The SMILES string of the molecule is Cc1noc(CCNC(=O)/C=C/c2c(C)nn(CC(C)C)c2Cl)n1. The lowest BCUT2D eigenvalue weighted by Gasteiger charge is -2.05. The molecule has 0 aliphatic rings. The first-order chi connectivity index (χ1) is 11.4. The van der Waals surface area contributed by atoms with E-state index >= 15 is 0 Å². The number of hydrogen-bond acceptors (Lipinski definition) is 5. The molecule has 2 heterocycles. The van der Waals surface area contributed by atoms with Crippen molar-refractivity contribution in [2.75, 3.05) is 6.54 Å². The van der Waals surface area contributed by atoms with Crippen LogP contribution in [0, 0.1) is 19.8 Å². The summed E-state index contributed by atoms with van der Waals surface area (Å²) in [6.45, 7) is 8.98. The van der Waals surface area contributed by atoms with Crippen LogP contribution in [0.5, 0.6) is 0 Å². The summed E-state index contributed by atoms with van der Waals surface area (Å²) in [5, 5.41) is 11.4. The molecule has 1 N–H and O–H groups in total. The van der Waals surface area contributed by atoms with Crippen LogP contribution >= 0.6 is 11.6 Å². The van der Waals surface area contributed by atoms with Crippen molar-refractivity contribution in [3.05, 3.63) is 34.2 Å².